The normalized spacial score (nSPS) is 19.2. The molecule has 2 aliphatic rings. The highest BCUT2D eigenvalue weighted by Crippen LogP contribution is 2.52. The molecule has 0 radical (unpaired) electrons. The molecule has 4 aromatic rings. The Kier molecular flexibility index (Phi) is 6.14. The van der Waals surface area contributed by atoms with E-state index in [-0.39, 0.29) is 17.9 Å². The predicted octanol–water partition coefficient (Wildman–Crippen LogP) is 5.62. The first-order chi connectivity index (χ1) is 18.7. The van der Waals surface area contributed by atoms with Crippen LogP contribution < -0.4 is 20.7 Å². The number of anilines is 2. The molecule has 2 aromatic heterocycles. The lowest BCUT2D eigenvalue weighted by Crippen LogP contribution is -2.54. The Morgan fingerprint density at radius 2 is 1.90 bits per heavy atom. The Morgan fingerprint density at radius 3 is 2.59 bits per heavy atom. The van der Waals surface area contributed by atoms with Gasteiger partial charge in [0.2, 0.25) is 0 Å². The first-order valence-electron chi connectivity index (χ1n) is 12.7. The molecule has 2 aliphatic heterocycles. The lowest BCUT2D eigenvalue weighted by molar-refractivity contribution is 0.188. The van der Waals surface area contributed by atoms with Crippen LogP contribution >= 0.6 is 11.6 Å². The third kappa shape index (κ3) is 4.65. The fraction of sp³-hybridized carbons (Fsp3) is 0.286. The fourth-order valence-corrected chi connectivity index (χ4v) is 5.74. The van der Waals surface area contributed by atoms with E-state index in [0.29, 0.717) is 42.9 Å². The van der Waals surface area contributed by atoms with Crippen LogP contribution in [0.1, 0.15) is 25.5 Å². The Labute approximate surface area is 229 Å². The monoisotopic (exact) mass is 547 g/mol. The maximum atomic E-state index is 14.4. The smallest absolute Gasteiger partial charge is 0.322 e. The van der Waals surface area contributed by atoms with Gasteiger partial charge in [0, 0.05) is 48.0 Å². The Balaban J connectivity index is 1.41. The number of rotatable bonds is 4. The number of hydrogen-bond donors (Lipinski definition) is 2. The molecule has 39 heavy (non-hydrogen) atoms. The lowest BCUT2D eigenvalue weighted by Gasteiger charge is -2.42. The van der Waals surface area contributed by atoms with Gasteiger partial charge in [0.15, 0.2) is 5.12 Å². The number of urea groups is 1. The standard InChI is InChI=1S/C28H27ClFN7O2/c1-16-9-12-32-27(33-16)39-20-6-3-17(4-7-20)23-24-25(21-8-5-18(30)15-22(21)34-23)37(28(2,29)35-24)19-10-13-36(14-11-19)26(31)38/h3-9,12,15,19,35H,10-11,13-14H2,1-2H3,(H2,31,38). The lowest BCUT2D eigenvalue weighted by atomic mass is 10.00. The van der Waals surface area contributed by atoms with Crippen LogP contribution in [0.3, 0.4) is 0 Å². The number of aromatic nitrogens is 3. The van der Waals surface area contributed by atoms with Crippen molar-refractivity contribution in [3.63, 3.8) is 0 Å². The molecule has 6 rings (SSSR count). The maximum absolute atomic E-state index is 14.4. The first-order valence-corrected chi connectivity index (χ1v) is 13.1. The predicted molar refractivity (Wildman–Crippen MR) is 149 cm³/mol. The molecule has 200 valence electrons. The van der Waals surface area contributed by atoms with E-state index in [1.165, 1.54) is 12.1 Å². The number of likely N-dealkylation sites (tertiary alicyclic amines) is 1. The van der Waals surface area contributed by atoms with Crippen LogP contribution in [0.15, 0.2) is 54.7 Å². The van der Waals surface area contributed by atoms with Gasteiger partial charge in [0.1, 0.15) is 11.6 Å². The molecule has 0 saturated carbocycles. The number of hydrogen-bond acceptors (Lipinski definition) is 7. The average molecular weight is 548 g/mol. The van der Waals surface area contributed by atoms with Crippen LogP contribution in [0.5, 0.6) is 11.8 Å². The molecule has 2 aromatic carbocycles. The number of fused-ring (bicyclic) bond motifs is 3. The number of carbonyl (C=O) groups is 1. The Bertz CT molecular complexity index is 1570. The number of piperidine rings is 1. The molecule has 3 N–H and O–H groups in total. The molecular formula is C28H27ClFN7O2. The van der Waals surface area contributed by atoms with Crippen LogP contribution in [0.4, 0.5) is 20.6 Å². The van der Waals surface area contributed by atoms with Crippen molar-refractivity contribution in [2.45, 2.75) is 37.9 Å². The summed E-state index contributed by atoms with van der Waals surface area (Å²) in [6, 6.07) is 13.7. The van der Waals surface area contributed by atoms with Crippen molar-refractivity contribution in [3.05, 3.63) is 66.2 Å². The summed E-state index contributed by atoms with van der Waals surface area (Å²) in [6.07, 6.45) is 3.03. The molecule has 1 fully saturated rings. The second-order valence-electron chi connectivity index (χ2n) is 9.96. The second-order valence-corrected chi connectivity index (χ2v) is 10.7. The van der Waals surface area contributed by atoms with Gasteiger partial charge in [-0.25, -0.2) is 24.1 Å². The van der Waals surface area contributed by atoms with Gasteiger partial charge in [0.05, 0.1) is 22.6 Å². The minimum atomic E-state index is -0.966. The van der Waals surface area contributed by atoms with Crippen LogP contribution in [0.25, 0.3) is 22.2 Å². The van der Waals surface area contributed by atoms with Crippen LogP contribution in [-0.4, -0.2) is 50.1 Å². The number of alkyl halides is 1. The molecule has 9 nitrogen and oxygen atoms in total. The summed E-state index contributed by atoms with van der Waals surface area (Å²) in [5.74, 6) is 0.203. The van der Waals surface area contributed by atoms with Gasteiger partial charge in [-0.05, 0) is 69.2 Å². The van der Waals surface area contributed by atoms with E-state index in [1.54, 1.807) is 23.2 Å². The Morgan fingerprint density at radius 1 is 1.15 bits per heavy atom. The van der Waals surface area contributed by atoms with Crippen LogP contribution in [0, 0.1) is 12.7 Å². The second kappa shape index (κ2) is 9.53. The molecule has 11 heteroatoms. The molecule has 1 atom stereocenters. The minimum absolute atomic E-state index is 0.0328. The summed E-state index contributed by atoms with van der Waals surface area (Å²) in [5, 5.41) is 3.30. The van der Waals surface area contributed by atoms with Crippen LogP contribution in [0.2, 0.25) is 0 Å². The van der Waals surface area contributed by atoms with Gasteiger partial charge in [-0.2, -0.15) is 0 Å². The summed E-state index contributed by atoms with van der Waals surface area (Å²) in [7, 11) is 0. The molecule has 0 bridgehead atoms. The van der Waals surface area contributed by atoms with Gasteiger partial charge in [-0.1, -0.05) is 11.6 Å². The van der Waals surface area contributed by atoms with Crippen LogP contribution in [-0.2, 0) is 0 Å². The van der Waals surface area contributed by atoms with E-state index in [9.17, 15) is 9.18 Å². The molecule has 1 unspecified atom stereocenters. The van der Waals surface area contributed by atoms with E-state index in [1.807, 2.05) is 38.1 Å². The van der Waals surface area contributed by atoms with E-state index >= 15 is 0 Å². The third-order valence-corrected chi connectivity index (χ3v) is 7.49. The number of amides is 2. The van der Waals surface area contributed by atoms with Crippen molar-refractivity contribution in [2.24, 2.45) is 5.73 Å². The minimum Gasteiger partial charge on any atom is -0.424 e. The zero-order valence-electron chi connectivity index (χ0n) is 21.5. The van der Waals surface area contributed by atoms with Crippen molar-refractivity contribution in [1.29, 1.82) is 0 Å². The highest BCUT2D eigenvalue weighted by Gasteiger charge is 2.45. The zero-order valence-corrected chi connectivity index (χ0v) is 22.2. The summed E-state index contributed by atoms with van der Waals surface area (Å²) in [5.41, 5.74) is 9.90. The van der Waals surface area contributed by atoms with Gasteiger partial charge >= 0.3 is 12.0 Å². The number of benzene rings is 2. The quantitative estimate of drug-likeness (QED) is 0.252. The van der Waals surface area contributed by atoms with E-state index in [4.69, 9.17) is 27.1 Å². The number of primary amides is 1. The summed E-state index contributed by atoms with van der Waals surface area (Å²) < 4.78 is 20.2. The number of carbonyl (C=O) groups excluding carboxylic acids is 1. The third-order valence-electron chi connectivity index (χ3n) is 7.22. The van der Waals surface area contributed by atoms with Crippen molar-refractivity contribution < 1.29 is 13.9 Å². The van der Waals surface area contributed by atoms with Gasteiger partial charge in [-0.15, -0.1) is 0 Å². The molecule has 0 spiro atoms. The molecule has 0 aliphatic carbocycles. The molecule has 4 heterocycles. The van der Waals surface area contributed by atoms with E-state index in [0.717, 1.165) is 28.0 Å². The average Bonchev–Trinajstić information content (AvgIpc) is 3.19. The van der Waals surface area contributed by atoms with Crippen molar-refractivity contribution in [3.8, 4) is 23.0 Å². The number of nitrogens with one attached hydrogen (secondary N) is 1. The highest BCUT2D eigenvalue weighted by atomic mass is 35.5. The zero-order chi connectivity index (χ0) is 27.3. The van der Waals surface area contributed by atoms with Gasteiger partial charge in [0.25, 0.3) is 0 Å². The summed E-state index contributed by atoms with van der Waals surface area (Å²) in [6.45, 7) is 4.84. The maximum Gasteiger partial charge on any atom is 0.322 e. The van der Waals surface area contributed by atoms with Gasteiger partial charge in [-0.3, -0.25) is 0 Å². The van der Waals surface area contributed by atoms with E-state index in [2.05, 4.69) is 20.2 Å². The topological polar surface area (TPSA) is 110 Å². The SMILES string of the molecule is Cc1ccnc(Oc2ccc(-c3nc4cc(F)ccc4c4c3NC(C)(Cl)N4C3CCN(C(N)=O)CC3)cc2)n1. The number of halogens is 2. The fourth-order valence-electron chi connectivity index (χ4n) is 5.43. The van der Waals surface area contributed by atoms with Gasteiger partial charge < -0.3 is 25.6 Å². The number of aryl methyl sites for hydroxylation is 1. The van der Waals surface area contributed by atoms with E-state index < -0.39 is 11.2 Å². The largest absolute Gasteiger partial charge is 0.424 e. The highest BCUT2D eigenvalue weighted by molar-refractivity contribution is 6.29. The number of ether oxygens (including phenoxy) is 1. The Hall–Kier alpha value is -4.18. The first kappa shape index (κ1) is 25.1. The number of pyridine rings is 1. The van der Waals surface area contributed by atoms with Crippen molar-refractivity contribution in [1.82, 2.24) is 19.9 Å². The molecule has 1 saturated heterocycles. The molecule has 2 amide bonds. The number of nitrogens with two attached hydrogens (primary N) is 1. The van der Waals surface area contributed by atoms with Crippen molar-refractivity contribution in [2.75, 3.05) is 23.3 Å². The van der Waals surface area contributed by atoms with Crippen molar-refractivity contribution >= 4 is 39.9 Å². The number of nitrogens with zero attached hydrogens (tertiary/aromatic N) is 5. The summed E-state index contributed by atoms with van der Waals surface area (Å²) in [4.78, 5) is 28.8. The molecular weight excluding hydrogens is 521 g/mol. The summed E-state index contributed by atoms with van der Waals surface area (Å²) >= 11 is 7.12.